The molecule has 0 spiro atoms. The van der Waals surface area contributed by atoms with Crippen LogP contribution in [0.25, 0.3) is 0 Å². The van der Waals surface area contributed by atoms with Gasteiger partial charge in [0.1, 0.15) is 11.5 Å². The van der Waals surface area contributed by atoms with Gasteiger partial charge in [0.25, 0.3) is 15.6 Å². The molecule has 1 unspecified atom stereocenters. The molecule has 0 bridgehead atoms. The lowest BCUT2D eigenvalue weighted by Crippen LogP contribution is -2.51. The van der Waals surface area contributed by atoms with Gasteiger partial charge in [-0.25, -0.2) is 13.2 Å². The van der Waals surface area contributed by atoms with Gasteiger partial charge in [0.15, 0.2) is 0 Å². The number of sulfonamides is 1. The van der Waals surface area contributed by atoms with Gasteiger partial charge in [-0.15, -0.1) is 0 Å². The molecule has 2 aromatic rings. The number of nitrogens with zero attached hydrogens (tertiary/aromatic N) is 4. The molecule has 1 aromatic carbocycles. The summed E-state index contributed by atoms with van der Waals surface area (Å²) < 4.78 is 31.4. The Labute approximate surface area is 208 Å². The molecule has 11 nitrogen and oxygen atoms in total. The van der Waals surface area contributed by atoms with Gasteiger partial charge in [-0.1, -0.05) is 23.7 Å². The Balaban J connectivity index is 1.83. The highest BCUT2D eigenvalue weighted by Gasteiger charge is 2.48. The second kappa shape index (κ2) is 10.3. The first-order valence-electron chi connectivity index (χ1n) is 11.5. The molecule has 1 atom stereocenters. The summed E-state index contributed by atoms with van der Waals surface area (Å²) in [5, 5.41) is 22.0. The first kappa shape index (κ1) is 25.7. The molecule has 1 fully saturated rings. The van der Waals surface area contributed by atoms with Crippen LogP contribution in [-0.2, 0) is 30.2 Å². The number of rotatable bonds is 11. The summed E-state index contributed by atoms with van der Waals surface area (Å²) >= 11 is 6.01. The lowest BCUT2D eigenvalue weighted by molar-refractivity contribution is 0.267. The summed E-state index contributed by atoms with van der Waals surface area (Å²) in [4.78, 5) is 27.8. The lowest BCUT2D eigenvalue weighted by atomic mass is 10.2. The number of aliphatic hydroxyl groups is 2. The molecule has 3 N–H and O–H groups in total. The summed E-state index contributed by atoms with van der Waals surface area (Å²) in [7, 11) is -2.55. The van der Waals surface area contributed by atoms with Gasteiger partial charge in [0.2, 0.25) is 5.50 Å². The fourth-order valence-electron chi connectivity index (χ4n) is 4.33. The van der Waals surface area contributed by atoms with Crippen molar-refractivity contribution >= 4 is 33.1 Å². The van der Waals surface area contributed by atoms with E-state index >= 15 is 0 Å². The minimum Gasteiger partial charge on any atom is -0.396 e. The SMILES string of the molecule is Cn1c2c(c(=O)n(CCCO)c1=O)N(Cc1ccc(Cl)cc1)C(S(=O)(=O)N(CCCO)C1CC1)N2. The summed E-state index contributed by atoms with van der Waals surface area (Å²) in [6.45, 7) is -0.0983. The number of hydrogen-bond acceptors (Lipinski definition) is 8. The predicted molar refractivity (Wildman–Crippen MR) is 133 cm³/mol. The molecular weight excluding hydrogens is 498 g/mol. The van der Waals surface area contributed by atoms with E-state index in [0.717, 1.165) is 23.0 Å². The van der Waals surface area contributed by atoms with E-state index in [1.807, 2.05) is 0 Å². The minimum atomic E-state index is -4.02. The molecule has 1 aromatic heterocycles. The van der Waals surface area contributed by atoms with Gasteiger partial charge in [0.05, 0.1) is 0 Å². The van der Waals surface area contributed by atoms with Gasteiger partial charge in [-0.05, 0) is 43.4 Å². The molecule has 13 heteroatoms. The smallest absolute Gasteiger partial charge is 0.332 e. The molecule has 4 rings (SSSR count). The highest BCUT2D eigenvalue weighted by atomic mass is 35.5. The quantitative estimate of drug-likeness (QED) is 0.383. The van der Waals surface area contributed by atoms with Crippen molar-refractivity contribution in [2.75, 3.05) is 30.0 Å². The van der Waals surface area contributed by atoms with E-state index in [0.29, 0.717) is 11.4 Å². The molecule has 35 heavy (non-hydrogen) atoms. The second-order valence-electron chi connectivity index (χ2n) is 8.79. The second-order valence-corrected chi connectivity index (χ2v) is 11.2. The number of aromatic nitrogens is 2. The lowest BCUT2D eigenvalue weighted by Gasteiger charge is -2.31. The summed E-state index contributed by atoms with van der Waals surface area (Å²) in [6, 6.07) is 6.71. The van der Waals surface area contributed by atoms with Gasteiger partial charge in [0, 0.05) is 51.0 Å². The fraction of sp³-hybridized carbons (Fsp3) is 0.545. The van der Waals surface area contributed by atoms with Gasteiger partial charge in [-0.3, -0.25) is 13.9 Å². The molecule has 0 radical (unpaired) electrons. The van der Waals surface area contributed by atoms with Crippen LogP contribution < -0.4 is 21.5 Å². The number of hydrogen-bond donors (Lipinski definition) is 3. The van der Waals surface area contributed by atoms with Crippen molar-refractivity contribution in [1.29, 1.82) is 0 Å². The summed E-state index contributed by atoms with van der Waals surface area (Å²) in [5.41, 5.74) is -1.73. The molecule has 192 valence electrons. The van der Waals surface area contributed by atoms with Crippen LogP contribution >= 0.6 is 11.6 Å². The van der Waals surface area contributed by atoms with Crippen molar-refractivity contribution in [2.24, 2.45) is 7.05 Å². The molecule has 0 amide bonds. The molecule has 2 heterocycles. The minimum absolute atomic E-state index is 0.00614. The molecule has 1 aliphatic carbocycles. The van der Waals surface area contributed by atoms with E-state index in [1.54, 1.807) is 24.3 Å². The number of fused-ring (bicyclic) bond motifs is 1. The van der Waals surface area contributed by atoms with E-state index in [-0.39, 0.29) is 56.8 Å². The highest BCUT2D eigenvalue weighted by Crippen LogP contribution is 2.38. The largest absolute Gasteiger partial charge is 0.396 e. The molecule has 2 aliphatic rings. The zero-order chi connectivity index (χ0) is 25.3. The van der Waals surface area contributed by atoms with E-state index in [9.17, 15) is 28.2 Å². The van der Waals surface area contributed by atoms with Crippen molar-refractivity contribution in [1.82, 2.24) is 13.4 Å². The Morgan fingerprint density at radius 2 is 1.77 bits per heavy atom. The van der Waals surface area contributed by atoms with Gasteiger partial charge < -0.3 is 20.4 Å². The maximum absolute atomic E-state index is 13.9. The average Bonchev–Trinajstić information content (AvgIpc) is 3.59. The van der Waals surface area contributed by atoms with Crippen LogP contribution in [0.5, 0.6) is 0 Å². The number of anilines is 2. The standard InChI is InChI=1S/C22H30ClN5O6S/c1-25-19-18(20(31)26(22(25)32)10-2-12-29)27(14-15-4-6-16(23)7-5-15)21(24-19)35(33,34)28(11-3-13-30)17-8-9-17/h4-7,17,21,24,29-30H,2-3,8-14H2,1H3. The Hall–Kier alpha value is -2.38. The van der Waals surface area contributed by atoms with Crippen molar-refractivity contribution in [3.05, 3.63) is 55.7 Å². The Morgan fingerprint density at radius 3 is 2.37 bits per heavy atom. The van der Waals surface area contributed by atoms with E-state index in [2.05, 4.69) is 5.32 Å². The number of aliphatic hydroxyl groups excluding tert-OH is 2. The zero-order valence-electron chi connectivity index (χ0n) is 19.4. The Kier molecular flexibility index (Phi) is 7.57. The van der Waals surface area contributed by atoms with Crippen LogP contribution in [0.2, 0.25) is 5.02 Å². The predicted octanol–water partition coefficient (Wildman–Crippen LogP) is 0.475. The maximum Gasteiger partial charge on any atom is 0.332 e. The number of benzene rings is 1. The Bertz CT molecular complexity index is 1290. The van der Waals surface area contributed by atoms with Crippen molar-refractivity contribution < 1.29 is 18.6 Å². The first-order valence-corrected chi connectivity index (χ1v) is 13.4. The van der Waals surface area contributed by atoms with Gasteiger partial charge in [-0.2, -0.15) is 4.31 Å². The van der Waals surface area contributed by atoms with E-state index in [4.69, 9.17) is 11.6 Å². The van der Waals surface area contributed by atoms with Crippen molar-refractivity contribution in [3.8, 4) is 0 Å². The molecule has 0 saturated heterocycles. The number of nitrogens with one attached hydrogen (secondary N) is 1. The molecule has 1 aliphatic heterocycles. The maximum atomic E-state index is 13.9. The zero-order valence-corrected chi connectivity index (χ0v) is 21.0. The summed E-state index contributed by atoms with van der Waals surface area (Å²) in [5.74, 6) is 0.126. The van der Waals surface area contributed by atoms with Gasteiger partial charge >= 0.3 is 5.69 Å². The fourth-order valence-corrected chi connectivity index (χ4v) is 6.49. The van der Waals surface area contributed by atoms with Crippen LogP contribution in [-0.4, -0.2) is 63.4 Å². The van der Waals surface area contributed by atoms with Crippen LogP contribution in [0.1, 0.15) is 31.2 Å². The van der Waals surface area contributed by atoms with E-state index in [1.165, 1.54) is 20.8 Å². The Morgan fingerprint density at radius 1 is 1.11 bits per heavy atom. The van der Waals surface area contributed by atoms with Crippen molar-refractivity contribution in [2.45, 2.75) is 50.3 Å². The van der Waals surface area contributed by atoms with Crippen molar-refractivity contribution in [3.63, 3.8) is 0 Å². The van der Waals surface area contributed by atoms with Crippen LogP contribution in [0.15, 0.2) is 33.9 Å². The monoisotopic (exact) mass is 527 g/mol. The number of halogens is 1. The third kappa shape index (κ3) is 4.98. The molecular formula is C22H30ClN5O6S. The third-order valence-electron chi connectivity index (χ3n) is 6.26. The normalized spacial score (nSPS) is 17.6. The van der Waals surface area contributed by atoms with Crippen LogP contribution in [0, 0.1) is 0 Å². The highest BCUT2D eigenvalue weighted by molar-refractivity contribution is 7.90. The first-order chi connectivity index (χ1) is 16.7. The third-order valence-corrected chi connectivity index (χ3v) is 8.58. The summed E-state index contributed by atoms with van der Waals surface area (Å²) in [6.07, 6.45) is 1.96. The van der Waals surface area contributed by atoms with Crippen LogP contribution in [0.3, 0.4) is 0 Å². The van der Waals surface area contributed by atoms with E-state index < -0.39 is 26.8 Å². The molecule has 1 saturated carbocycles. The topological polar surface area (TPSA) is 137 Å². The van der Waals surface area contributed by atoms with Crippen LogP contribution in [0.4, 0.5) is 11.5 Å². The average molecular weight is 528 g/mol.